The lowest BCUT2D eigenvalue weighted by molar-refractivity contribution is -0.138. The quantitative estimate of drug-likeness (QED) is 0.881. The number of nitrogens with one attached hydrogen (secondary N) is 1. The number of benzene rings is 1. The molecule has 3 rings (SSSR count). The largest absolute Gasteiger partial charge is 0.491 e. The summed E-state index contributed by atoms with van der Waals surface area (Å²) in [4.78, 5) is 16.5. The molecule has 0 unspecified atom stereocenters. The van der Waals surface area contributed by atoms with Gasteiger partial charge in [0.1, 0.15) is 12.4 Å². The van der Waals surface area contributed by atoms with Crippen LogP contribution in [-0.2, 0) is 4.79 Å². The lowest BCUT2D eigenvalue weighted by Gasteiger charge is -2.38. The molecule has 120 valence electrons. The molecule has 1 amide bonds. The molecule has 1 N–H and O–H groups in total. The maximum atomic E-state index is 12.2. The van der Waals surface area contributed by atoms with E-state index in [1.54, 1.807) is 0 Å². The number of amides is 1. The number of rotatable bonds is 5. The zero-order valence-electron chi connectivity index (χ0n) is 12.6. The summed E-state index contributed by atoms with van der Waals surface area (Å²) in [5, 5.41) is 3.80. The van der Waals surface area contributed by atoms with Gasteiger partial charge in [0.2, 0.25) is 5.91 Å². The van der Waals surface area contributed by atoms with Crippen LogP contribution in [0.15, 0.2) is 24.3 Å². The number of piperazine rings is 1. The third kappa shape index (κ3) is 3.72. The van der Waals surface area contributed by atoms with Crippen molar-refractivity contribution in [1.29, 1.82) is 0 Å². The van der Waals surface area contributed by atoms with Crippen LogP contribution < -0.4 is 10.1 Å². The summed E-state index contributed by atoms with van der Waals surface area (Å²) in [7, 11) is 0. The van der Waals surface area contributed by atoms with Crippen LogP contribution in [-0.4, -0.2) is 68.1 Å². The second kappa shape index (κ2) is 7.31. The molecule has 6 heteroatoms. The normalized spacial score (nSPS) is 19.8. The fraction of sp³-hybridized carbons (Fsp3) is 0.562. The molecule has 1 aromatic carbocycles. The van der Waals surface area contributed by atoms with E-state index in [9.17, 15) is 4.79 Å². The van der Waals surface area contributed by atoms with Gasteiger partial charge in [0.05, 0.1) is 10.9 Å². The minimum absolute atomic E-state index is 0.204. The smallest absolute Gasteiger partial charge is 0.228 e. The summed E-state index contributed by atoms with van der Waals surface area (Å²) in [6.45, 7) is 6.62. The minimum atomic E-state index is 0.204. The second-order valence-corrected chi connectivity index (χ2v) is 6.21. The van der Waals surface area contributed by atoms with Crippen LogP contribution >= 0.6 is 11.6 Å². The molecule has 0 aliphatic carbocycles. The SMILES string of the molecule is O=C(C1CNC1)N1CCN(CCOc2ccccc2Cl)CC1. The number of nitrogens with zero attached hydrogens (tertiary/aromatic N) is 2. The summed E-state index contributed by atoms with van der Waals surface area (Å²) < 4.78 is 5.72. The van der Waals surface area contributed by atoms with Crippen molar-refractivity contribution in [1.82, 2.24) is 15.1 Å². The summed E-state index contributed by atoms with van der Waals surface area (Å²) in [6.07, 6.45) is 0. The van der Waals surface area contributed by atoms with E-state index >= 15 is 0 Å². The first-order valence-corrected chi connectivity index (χ1v) is 8.21. The Morgan fingerprint density at radius 3 is 2.59 bits per heavy atom. The van der Waals surface area contributed by atoms with Crippen LogP contribution in [0, 0.1) is 5.92 Å². The van der Waals surface area contributed by atoms with Crippen molar-refractivity contribution < 1.29 is 9.53 Å². The van der Waals surface area contributed by atoms with Gasteiger partial charge < -0.3 is 15.0 Å². The van der Waals surface area contributed by atoms with Crippen molar-refractivity contribution in [3.63, 3.8) is 0 Å². The molecule has 0 bridgehead atoms. The molecular formula is C16H22ClN3O2. The number of halogens is 1. The molecule has 1 aromatic rings. The zero-order chi connectivity index (χ0) is 15.4. The van der Waals surface area contributed by atoms with Crippen molar-refractivity contribution in [2.24, 2.45) is 5.92 Å². The average Bonchev–Trinajstić information content (AvgIpc) is 2.48. The van der Waals surface area contributed by atoms with Gasteiger partial charge in [0, 0.05) is 45.8 Å². The van der Waals surface area contributed by atoms with E-state index in [0.29, 0.717) is 17.5 Å². The third-order valence-electron chi connectivity index (χ3n) is 4.32. The second-order valence-electron chi connectivity index (χ2n) is 5.80. The number of hydrogen-bond acceptors (Lipinski definition) is 4. The van der Waals surface area contributed by atoms with Crippen LogP contribution in [0.1, 0.15) is 0 Å². The standard InChI is InChI=1S/C16H22ClN3O2/c17-14-3-1-2-4-15(14)22-10-9-19-5-7-20(8-6-19)16(21)13-11-18-12-13/h1-4,13,18H,5-12H2. The van der Waals surface area contributed by atoms with E-state index in [1.807, 2.05) is 29.2 Å². The van der Waals surface area contributed by atoms with Crippen LogP contribution in [0.4, 0.5) is 0 Å². The van der Waals surface area contributed by atoms with Gasteiger partial charge in [0.25, 0.3) is 0 Å². The molecule has 2 saturated heterocycles. The predicted molar refractivity (Wildman–Crippen MR) is 86.3 cm³/mol. The molecule has 0 radical (unpaired) electrons. The number of ether oxygens (including phenoxy) is 1. The van der Waals surface area contributed by atoms with Gasteiger partial charge in [0.15, 0.2) is 0 Å². The van der Waals surface area contributed by atoms with Crippen molar-refractivity contribution in [3.05, 3.63) is 29.3 Å². The average molecular weight is 324 g/mol. The minimum Gasteiger partial charge on any atom is -0.491 e. The first-order chi connectivity index (χ1) is 10.7. The van der Waals surface area contributed by atoms with Crippen molar-refractivity contribution in [2.45, 2.75) is 0 Å². The fourth-order valence-electron chi connectivity index (χ4n) is 2.76. The first-order valence-electron chi connectivity index (χ1n) is 7.83. The van der Waals surface area contributed by atoms with Gasteiger partial charge in [-0.1, -0.05) is 23.7 Å². The monoisotopic (exact) mass is 323 g/mol. The highest BCUT2D eigenvalue weighted by molar-refractivity contribution is 6.32. The van der Waals surface area contributed by atoms with E-state index in [4.69, 9.17) is 16.3 Å². The Balaban J connectivity index is 1.37. The predicted octanol–water partition coefficient (Wildman–Crippen LogP) is 1.08. The summed E-state index contributed by atoms with van der Waals surface area (Å²) in [6, 6.07) is 7.52. The van der Waals surface area contributed by atoms with Gasteiger partial charge in [-0.15, -0.1) is 0 Å². The summed E-state index contributed by atoms with van der Waals surface area (Å²) in [5.74, 6) is 1.25. The Labute approximate surface area is 136 Å². The Morgan fingerprint density at radius 1 is 1.23 bits per heavy atom. The van der Waals surface area contributed by atoms with E-state index < -0.39 is 0 Å². The molecule has 2 fully saturated rings. The number of para-hydroxylation sites is 1. The molecular weight excluding hydrogens is 302 g/mol. The maximum absolute atomic E-state index is 12.2. The Kier molecular flexibility index (Phi) is 5.18. The molecule has 0 saturated carbocycles. The molecule has 0 spiro atoms. The van der Waals surface area contributed by atoms with Gasteiger partial charge >= 0.3 is 0 Å². The zero-order valence-corrected chi connectivity index (χ0v) is 13.4. The number of carbonyl (C=O) groups is 1. The first kappa shape index (κ1) is 15.6. The third-order valence-corrected chi connectivity index (χ3v) is 4.63. The highest BCUT2D eigenvalue weighted by atomic mass is 35.5. The molecule has 2 aliphatic rings. The number of carbonyl (C=O) groups excluding carboxylic acids is 1. The van der Waals surface area contributed by atoms with Gasteiger partial charge in [-0.25, -0.2) is 0 Å². The highest BCUT2D eigenvalue weighted by Crippen LogP contribution is 2.22. The molecule has 2 heterocycles. The Bertz CT molecular complexity index is 514. The summed E-state index contributed by atoms with van der Waals surface area (Å²) in [5.41, 5.74) is 0. The van der Waals surface area contributed by atoms with Crippen molar-refractivity contribution in [3.8, 4) is 5.75 Å². The topological polar surface area (TPSA) is 44.8 Å². The number of hydrogen-bond donors (Lipinski definition) is 1. The molecule has 5 nitrogen and oxygen atoms in total. The maximum Gasteiger partial charge on any atom is 0.228 e. The Hall–Kier alpha value is -1.30. The molecule has 2 aliphatic heterocycles. The van der Waals surface area contributed by atoms with Gasteiger partial charge in [-0.2, -0.15) is 0 Å². The van der Waals surface area contributed by atoms with Crippen molar-refractivity contribution in [2.75, 3.05) is 52.4 Å². The molecule has 0 atom stereocenters. The van der Waals surface area contributed by atoms with Crippen LogP contribution in [0.25, 0.3) is 0 Å². The van der Waals surface area contributed by atoms with Gasteiger partial charge in [-0.3, -0.25) is 9.69 Å². The molecule has 0 aromatic heterocycles. The van der Waals surface area contributed by atoms with Crippen molar-refractivity contribution >= 4 is 17.5 Å². The van der Waals surface area contributed by atoms with E-state index in [0.717, 1.165) is 51.6 Å². The van der Waals surface area contributed by atoms with Crippen LogP contribution in [0.3, 0.4) is 0 Å². The highest BCUT2D eigenvalue weighted by Gasteiger charge is 2.30. The van der Waals surface area contributed by atoms with Crippen LogP contribution in [0.5, 0.6) is 5.75 Å². The van der Waals surface area contributed by atoms with Crippen LogP contribution in [0.2, 0.25) is 5.02 Å². The molecule has 22 heavy (non-hydrogen) atoms. The fourth-order valence-corrected chi connectivity index (χ4v) is 2.95. The Morgan fingerprint density at radius 2 is 1.95 bits per heavy atom. The van der Waals surface area contributed by atoms with E-state index in [2.05, 4.69) is 10.2 Å². The van der Waals surface area contributed by atoms with Gasteiger partial charge in [-0.05, 0) is 12.1 Å². The summed E-state index contributed by atoms with van der Waals surface area (Å²) >= 11 is 6.06. The van der Waals surface area contributed by atoms with E-state index in [-0.39, 0.29) is 5.92 Å². The van der Waals surface area contributed by atoms with E-state index in [1.165, 1.54) is 0 Å². The lowest BCUT2D eigenvalue weighted by atomic mass is 10.0. The lowest BCUT2D eigenvalue weighted by Crippen LogP contribution is -2.56.